The Kier molecular flexibility index (Phi) is 3.32. The van der Waals surface area contributed by atoms with Gasteiger partial charge in [-0.05, 0) is 41.4 Å². The maximum atomic E-state index is 9.35. The third-order valence-electron chi connectivity index (χ3n) is 3.02. The predicted molar refractivity (Wildman–Crippen MR) is 69.4 cm³/mol. The largest absolute Gasteiger partial charge is 0.271 e. The van der Waals surface area contributed by atoms with E-state index in [2.05, 4.69) is 27.1 Å². The van der Waals surface area contributed by atoms with E-state index in [-0.39, 0.29) is 4.75 Å². The first-order valence-corrected chi connectivity index (χ1v) is 7.09. The van der Waals surface area contributed by atoms with Crippen molar-refractivity contribution in [3.63, 3.8) is 0 Å². The molecule has 1 aliphatic rings. The maximum Gasteiger partial charge on any atom is 0.108 e. The highest BCUT2D eigenvalue weighted by molar-refractivity contribution is 9.10. The van der Waals surface area contributed by atoms with Crippen molar-refractivity contribution in [2.45, 2.75) is 30.9 Å². The molecule has 2 rings (SSSR count). The average molecular weight is 300 g/mol. The molecule has 1 unspecified atom stereocenters. The molecule has 0 aliphatic carbocycles. The number of nitriles is 1. The third kappa shape index (κ3) is 2.01. The van der Waals surface area contributed by atoms with E-state index in [1.807, 2.05) is 18.7 Å². The van der Waals surface area contributed by atoms with Crippen molar-refractivity contribution in [3.05, 3.63) is 15.9 Å². The summed E-state index contributed by atoms with van der Waals surface area (Å²) in [6, 6.07) is 2.49. The Balaban J connectivity index is 2.30. The van der Waals surface area contributed by atoms with E-state index in [0.29, 0.717) is 0 Å². The highest BCUT2D eigenvalue weighted by atomic mass is 79.9. The molecule has 0 amide bonds. The SMILES string of the molecule is Cc1nn(C)c(CC2(C#N)CCCS2)c1Br. The number of hydrogen-bond donors (Lipinski definition) is 0. The van der Waals surface area contributed by atoms with Crippen LogP contribution in [0, 0.1) is 18.3 Å². The lowest BCUT2D eigenvalue weighted by atomic mass is 9.99. The molecule has 2 heterocycles. The Morgan fingerprint density at radius 3 is 2.88 bits per heavy atom. The average Bonchev–Trinajstić information content (AvgIpc) is 2.81. The van der Waals surface area contributed by atoms with Gasteiger partial charge in [0.05, 0.1) is 21.9 Å². The summed E-state index contributed by atoms with van der Waals surface area (Å²) < 4.78 is 2.71. The van der Waals surface area contributed by atoms with Crippen molar-refractivity contribution in [1.29, 1.82) is 5.26 Å². The molecular formula is C11H14BrN3S. The predicted octanol–water partition coefficient (Wildman–Crippen LogP) is 2.82. The van der Waals surface area contributed by atoms with Gasteiger partial charge in [-0.15, -0.1) is 11.8 Å². The van der Waals surface area contributed by atoms with Crippen LogP contribution in [0.3, 0.4) is 0 Å². The molecule has 1 aromatic rings. The second-order valence-corrected chi connectivity index (χ2v) is 6.48. The van der Waals surface area contributed by atoms with Gasteiger partial charge >= 0.3 is 0 Å². The van der Waals surface area contributed by atoms with Crippen molar-refractivity contribution in [2.75, 3.05) is 5.75 Å². The fourth-order valence-corrected chi connectivity index (χ4v) is 3.85. The molecule has 0 bridgehead atoms. The molecule has 0 radical (unpaired) electrons. The Morgan fingerprint density at radius 1 is 1.69 bits per heavy atom. The molecule has 1 fully saturated rings. The minimum Gasteiger partial charge on any atom is -0.271 e. The van der Waals surface area contributed by atoms with E-state index >= 15 is 0 Å². The smallest absolute Gasteiger partial charge is 0.108 e. The summed E-state index contributed by atoms with van der Waals surface area (Å²) in [5, 5.41) is 13.7. The van der Waals surface area contributed by atoms with Crippen LogP contribution in [0.4, 0.5) is 0 Å². The number of thioether (sulfide) groups is 1. The lowest BCUT2D eigenvalue weighted by Gasteiger charge is -2.19. The molecule has 0 saturated carbocycles. The first-order valence-electron chi connectivity index (χ1n) is 5.31. The standard InChI is InChI=1S/C11H14BrN3S/c1-8-10(12)9(15(2)14-8)6-11(7-13)4-3-5-16-11/h3-6H2,1-2H3. The summed E-state index contributed by atoms with van der Waals surface area (Å²) in [5.74, 6) is 1.10. The van der Waals surface area contributed by atoms with Crippen LogP contribution in [0.1, 0.15) is 24.2 Å². The fraction of sp³-hybridized carbons (Fsp3) is 0.636. The number of halogens is 1. The van der Waals surface area contributed by atoms with E-state index in [1.54, 1.807) is 11.8 Å². The molecule has 5 heteroatoms. The lowest BCUT2D eigenvalue weighted by Crippen LogP contribution is -2.23. The van der Waals surface area contributed by atoms with E-state index in [9.17, 15) is 5.26 Å². The fourth-order valence-electron chi connectivity index (χ4n) is 2.11. The highest BCUT2D eigenvalue weighted by Gasteiger charge is 2.36. The van der Waals surface area contributed by atoms with Crippen LogP contribution >= 0.6 is 27.7 Å². The Hall–Kier alpha value is -0.470. The molecule has 1 aromatic heterocycles. The van der Waals surface area contributed by atoms with Gasteiger partial charge in [0.25, 0.3) is 0 Å². The van der Waals surface area contributed by atoms with Crippen molar-refractivity contribution in [2.24, 2.45) is 7.05 Å². The zero-order chi connectivity index (χ0) is 11.8. The van der Waals surface area contributed by atoms with Gasteiger partial charge in [-0.1, -0.05) is 0 Å². The van der Waals surface area contributed by atoms with Crippen LogP contribution in [0.2, 0.25) is 0 Å². The number of hydrogen-bond acceptors (Lipinski definition) is 3. The maximum absolute atomic E-state index is 9.35. The van der Waals surface area contributed by atoms with Crippen molar-refractivity contribution in [1.82, 2.24) is 9.78 Å². The van der Waals surface area contributed by atoms with E-state index in [0.717, 1.165) is 40.9 Å². The zero-order valence-corrected chi connectivity index (χ0v) is 11.9. The summed E-state index contributed by atoms with van der Waals surface area (Å²) in [4.78, 5) is 0. The summed E-state index contributed by atoms with van der Waals surface area (Å²) in [6.07, 6.45) is 2.92. The van der Waals surface area contributed by atoms with E-state index < -0.39 is 0 Å². The molecule has 0 aromatic carbocycles. The van der Waals surface area contributed by atoms with Crippen LogP contribution < -0.4 is 0 Å². The topological polar surface area (TPSA) is 41.6 Å². The van der Waals surface area contributed by atoms with Crippen LogP contribution in [-0.4, -0.2) is 20.3 Å². The van der Waals surface area contributed by atoms with Crippen molar-refractivity contribution < 1.29 is 0 Å². The quantitative estimate of drug-likeness (QED) is 0.843. The first-order chi connectivity index (χ1) is 7.58. The van der Waals surface area contributed by atoms with Gasteiger partial charge in [0.2, 0.25) is 0 Å². The van der Waals surface area contributed by atoms with Crippen molar-refractivity contribution >= 4 is 27.7 Å². The van der Waals surface area contributed by atoms with Crippen molar-refractivity contribution in [3.8, 4) is 6.07 Å². The molecule has 1 saturated heterocycles. The Morgan fingerprint density at radius 2 is 2.44 bits per heavy atom. The van der Waals surface area contributed by atoms with Crippen LogP contribution in [-0.2, 0) is 13.5 Å². The van der Waals surface area contributed by atoms with Gasteiger partial charge in [0, 0.05) is 13.5 Å². The normalized spacial score (nSPS) is 24.6. The summed E-state index contributed by atoms with van der Waals surface area (Å²) in [6.45, 7) is 1.98. The number of rotatable bonds is 2. The first kappa shape index (κ1) is 12.0. The van der Waals surface area contributed by atoms with Crippen LogP contribution in [0.25, 0.3) is 0 Å². The summed E-state index contributed by atoms with van der Waals surface area (Å²) in [7, 11) is 1.94. The number of aryl methyl sites for hydroxylation is 2. The van der Waals surface area contributed by atoms with Gasteiger partial charge < -0.3 is 0 Å². The van der Waals surface area contributed by atoms with Gasteiger partial charge in [0.15, 0.2) is 0 Å². The monoisotopic (exact) mass is 299 g/mol. The molecule has 16 heavy (non-hydrogen) atoms. The molecule has 86 valence electrons. The second-order valence-electron chi connectivity index (χ2n) is 4.20. The second kappa shape index (κ2) is 4.42. The summed E-state index contributed by atoms with van der Waals surface area (Å²) in [5.41, 5.74) is 2.13. The lowest BCUT2D eigenvalue weighted by molar-refractivity contribution is 0.619. The minimum absolute atomic E-state index is 0.233. The number of aromatic nitrogens is 2. The number of nitrogens with zero attached hydrogens (tertiary/aromatic N) is 3. The third-order valence-corrected chi connectivity index (χ3v) is 5.54. The Bertz CT molecular complexity index is 441. The zero-order valence-electron chi connectivity index (χ0n) is 9.46. The molecular weight excluding hydrogens is 286 g/mol. The van der Waals surface area contributed by atoms with Gasteiger partial charge in [-0.2, -0.15) is 10.4 Å². The van der Waals surface area contributed by atoms with Gasteiger partial charge in [0.1, 0.15) is 4.75 Å². The molecule has 0 spiro atoms. The minimum atomic E-state index is -0.233. The highest BCUT2D eigenvalue weighted by Crippen LogP contribution is 2.41. The van der Waals surface area contributed by atoms with Crippen LogP contribution in [0.15, 0.2) is 4.47 Å². The van der Waals surface area contributed by atoms with Crippen LogP contribution in [0.5, 0.6) is 0 Å². The molecule has 3 nitrogen and oxygen atoms in total. The molecule has 0 N–H and O–H groups in total. The van der Waals surface area contributed by atoms with Gasteiger partial charge in [-0.25, -0.2) is 0 Å². The summed E-state index contributed by atoms with van der Waals surface area (Å²) >= 11 is 5.35. The van der Waals surface area contributed by atoms with E-state index in [1.165, 1.54) is 0 Å². The Labute approximate surface area is 108 Å². The molecule has 1 atom stereocenters. The van der Waals surface area contributed by atoms with E-state index in [4.69, 9.17) is 0 Å². The molecule has 1 aliphatic heterocycles. The van der Waals surface area contributed by atoms with Gasteiger partial charge in [-0.3, -0.25) is 4.68 Å².